The van der Waals surface area contributed by atoms with E-state index in [1.807, 2.05) is 0 Å². The summed E-state index contributed by atoms with van der Waals surface area (Å²) in [5.74, 6) is 3.26. The lowest BCUT2D eigenvalue weighted by molar-refractivity contribution is 0.297. The van der Waals surface area contributed by atoms with Crippen molar-refractivity contribution in [3.63, 3.8) is 0 Å². The lowest BCUT2D eigenvalue weighted by atomic mass is 9.95. The van der Waals surface area contributed by atoms with Crippen LogP contribution in [-0.2, 0) is 0 Å². The zero-order valence-electron chi connectivity index (χ0n) is 19.5. The summed E-state index contributed by atoms with van der Waals surface area (Å²) in [7, 11) is 2.39. The highest BCUT2D eigenvalue weighted by Crippen LogP contribution is 2.64. The van der Waals surface area contributed by atoms with Gasteiger partial charge in [0.2, 0.25) is 11.8 Å². The normalized spacial score (nSPS) is 29.0. The first-order valence-electron chi connectivity index (χ1n) is 11.4. The van der Waals surface area contributed by atoms with Crippen LogP contribution in [0.4, 0.5) is 17.5 Å². The number of nitrogens with zero attached hydrogens (tertiary/aromatic N) is 3. The maximum absolute atomic E-state index is 5.16. The van der Waals surface area contributed by atoms with Gasteiger partial charge in [-0.2, -0.15) is 4.98 Å². The summed E-state index contributed by atoms with van der Waals surface area (Å²) in [5.41, 5.74) is 5.13. The first kappa shape index (κ1) is 20.2. The molecule has 4 nitrogen and oxygen atoms in total. The molecule has 3 aromatic rings. The van der Waals surface area contributed by atoms with Crippen molar-refractivity contribution in [3.8, 4) is 0 Å². The lowest BCUT2D eigenvalue weighted by Gasteiger charge is -2.42. The van der Waals surface area contributed by atoms with Crippen LogP contribution in [0.25, 0.3) is 10.9 Å². The molecule has 1 aromatic heterocycles. The average Bonchev–Trinajstić information content (AvgIpc) is 3.32. The Morgan fingerprint density at radius 2 is 1.81 bits per heavy atom. The zero-order chi connectivity index (χ0) is 22.0. The number of fused-ring (bicyclic) bond motifs is 5. The van der Waals surface area contributed by atoms with Crippen LogP contribution in [0.2, 0.25) is 0 Å². The van der Waals surface area contributed by atoms with E-state index in [9.17, 15) is 0 Å². The highest BCUT2D eigenvalue weighted by Gasteiger charge is 2.73. The number of hydrogen-bond acceptors (Lipinski definition) is 3. The van der Waals surface area contributed by atoms with Crippen LogP contribution < -0.4 is 9.80 Å². The van der Waals surface area contributed by atoms with E-state index in [4.69, 9.17) is 9.97 Å². The summed E-state index contributed by atoms with van der Waals surface area (Å²) >= 11 is 0. The molecule has 1 N–H and O–H groups in total. The fourth-order valence-electron chi connectivity index (χ4n) is 5.90. The maximum atomic E-state index is 5.16. The Labute approximate surface area is 185 Å². The molecule has 0 radical (unpaired) electrons. The molecule has 2 aromatic carbocycles. The minimum atomic E-state index is 0.00405. The summed E-state index contributed by atoms with van der Waals surface area (Å²) in [5, 5.41) is 4.70. The Morgan fingerprint density at radius 3 is 2.55 bits per heavy atom. The quantitative estimate of drug-likeness (QED) is 0.398. The van der Waals surface area contributed by atoms with Gasteiger partial charge in [0, 0.05) is 23.9 Å². The largest absolute Gasteiger partial charge is 0.353 e. The van der Waals surface area contributed by atoms with Crippen LogP contribution in [0.3, 0.4) is 0 Å². The van der Waals surface area contributed by atoms with Crippen molar-refractivity contribution in [2.75, 3.05) is 18.9 Å². The van der Waals surface area contributed by atoms with Gasteiger partial charge in [0.1, 0.15) is 11.2 Å². The van der Waals surface area contributed by atoms with E-state index in [0.717, 1.165) is 29.2 Å². The summed E-state index contributed by atoms with van der Waals surface area (Å²) in [6, 6.07) is 17.4. The van der Waals surface area contributed by atoms with E-state index in [1.54, 1.807) is 0 Å². The Hall–Kier alpha value is -2.72. The van der Waals surface area contributed by atoms with Crippen molar-refractivity contribution >= 4 is 28.4 Å². The second-order valence-electron chi connectivity index (χ2n) is 10.1. The van der Waals surface area contributed by atoms with Crippen molar-refractivity contribution in [1.82, 2.24) is 14.5 Å². The second-order valence-corrected chi connectivity index (χ2v) is 10.1. The molecule has 1 fully saturated rings. The van der Waals surface area contributed by atoms with E-state index in [1.165, 1.54) is 16.8 Å². The summed E-state index contributed by atoms with van der Waals surface area (Å²) in [6.07, 6.45) is 2.48. The smallest absolute Gasteiger partial charge is 0.245 e. The van der Waals surface area contributed by atoms with Crippen LogP contribution in [-0.4, -0.2) is 29.1 Å². The number of rotatable bonds is 3. The average molecular weight is 414 g/mol. The predicted molar refractivity (Wildman–Crippen MR) is 131 cm³/mol. The molecule has 31 heavy (non-hydrogen) atoms. The molecule has 0 amide bonds. The first-order valence-corrected chi connectivity index (χ1v) is 11.4. The lowest BCUT2D eigenvalue weighted by Crippen LogP contribution is -2.54. The van der Waals surface area contributed by atoms with Gasteiger partial charge in [-0.05, 0) is 44.9 Å². The topological polar surface area (TPSA) is 37.8 Å². The van der Waals surface area contributed by atoms with Crippen LogP contribution in [0.15, 0.2) is 60.2 Å². The molecule has 2 bridgehead atoms. The summed E-state index contributed by atoms with van der Waals surface area (Å²) in [4.78, 5) is 9.99. The third-order valence-electron chi connectivity index (χ3n) is 7.75. The summed E-state index contributed by atoms with van der Waals surface area (Å²) in [6.45, 7) is 12.4. The molecular formula is C27H33N4+. The third-order valence-corrected chi connectivity index (χ3v) is 7.75. The highest BCUT2D eigenvalue weighted by molar-refractivity contribution is 5.92. The number of aromatic nitrogens is 2. The molecule has 4 atom stereocenters. The fraction of sp³-hybridized carbons (Fsp3) is 0.407. The van der Waals surface area contributed by atoms with Gasteiger partial charge in [-0.1, -0.05) is 55.8 Å². The standard InChI is InChI=1S/C27H33N4/c1-17(2)15-21-22-16-28-26-29-23-13-9-7-12-20(23)25(30-26)31(6,27(21,22)5)24-14-10-8-11-19(24)18(3)4/h7-15,18,21-22H,16H2,1-6H3,(H,28,29,30)/q+1. The van der Waals surface area contributed by atoms with Crippen LogP contribution in [0.5, 0.6) is 0 Å². The maximum Gasteiger partial charge on any atom is 0.245 e. The van der Waals surface area contributed by atoms with Gasteiger partial charge in [-0.25, -0.2) is 9.47 Å². The van der Waals surface area contributed by atoms with Crippen molar-refractivity contribution in [2.45, 2.75) is 46.1 Å². The monoisotopic (exact) mass is 413 g/mol. The molecule has 5 rings (SSSR count). The van der Waals surface area contributed by atoms with Gasteiger partial charge in [0.05, 0.1) is 18.0 Å². The van der Waals surface area contributed by atoms with Crippen molar-refractivity contribution in [2.24, 2.45) is 11.8 Å². The molecular weight excluding hydrogens is 380 g/mol. The van der Waals surface area contributed by atoms with Gasteiger partial charge in [-0.15, -0.1) is 0 Å². The van der Waals surface area contributed by atoms with E-state index < -0.39 is 0 Å². The number of quaternary nitrogens is 1. The van der Waals surface area contributed by atoms with Crippen molar-refractivity contribution in [3.05, 3.63) is 65.7 Å². The predicted octanol–water partition coefficient (Wildman–Crippen LogP) is 6.42. The van der Waals surface area contributed by atoms with E-state index >= 15 is 0 Å². The van der Waals surface area contributed by atoms with Gasteiger partial charge in [0.15, 0.2) is 0 Å². The second kappa shape index (κ2) is 6.89. The van der Waals surface area contributed by atoms with Gasteiger partial charge < -0.3 is 5.32 Å². The molecule has 1 aliphatic heterocycles. The first-order chi connectivity index (χ1) is 14.8. The minimum absolute atomic E-state index is 0.00405. The van der Waals surface area contributed by atoms with Crippen molar-refractivity contribution < 1.29 is 0 Å². The van der Waals surface area contributed by atoms with E-state index in [-0.39, 0.29) is 5.54 Å². The molecule has 4 unspecified atom stereocenters. The molecule has 1 aliphatic carbocycles. The molecule has 0 spiro atoms. The molecule has 2 aliphatic rings. The summed E-state index contributed by atoms with van der Waals surface area (Å²) < 4.78 is 0.693. The van der Waals surface area contributed by atoms with Crippen LogP contribution >= 0.6 is 0 Å². The number of hydrogen-bond donors (Lipinski definition) is 1. The Morgan fingerprint density at radius 1 is 1.10 bits per heavy atom. The van der Waals surface area contributed by atoms with Gasteiger partial charge in [-0.3, -0.25) is 0 Å². The van der Waals surface area contributed by atoms with Crippen LogP contribution in [0, 0.1) is 11.8 Å². The highest BCUT2D eigenvalue weighted by atomic mass is 15.5. The number of benzene rings is 2. The number of para-hydroxylation sites is 2. The van der Waals surface area contributed by atoms with Crippen molar-refractivity contribution in [1.29, 1.82) is 0 Å². The van der Waals surface area contributed by atoms with E-state index in [2.05, 4.69) is 102 Å². The zero-order valence-corrected chi connectivity index (χ0v) is 19.5. The van der Waals surface area contributed by atoms with Crippen LogP contribution in [0.1, 0.15) is 46.1 Å². The van der Waals surface area contributed by atoms with E-state index in [0.29, 0.717) is 22.2 Å². The Balaban J connectivity index is 1.88. The molecule has 0 saturated heterocycles. The number of nitrogens with one attached hydrogen (secondary N) is 1. The number of allylic oxidation sites excluding steroid dienone is 1. The molecule has 2 heterocycles. The van der Waals surface area contributed by atoms with Gasteiger partial charge in [0.25, 0.3) is 0 Å². The number of anilines is 1. The minimum Gasteiger partial charge on any atom is -0.353 e. The van der Waals surface area contributed by atoms with Gasteiger partial charge >= 0.3 is 0 Å². The molecule has 1 saturated carbocycles. The fourth-order valence-corrected chi connectivity index (χ4v) is 5.90. The molecule has 160 valence electrons. The Bertz CT molecular complexity index is 1190. The third kappa shape index (κ3) is 2.77. The SMILES string of the molecule is CC(C)=CC1C2CNc3nc(c4ccccc4n3)[N+](C)(c3ccccc3C(C)C)C12C. The Kier molecular flexibility index (Phi) is 4.49. The molecule has 4 heteroatoms.